The molecule has 27 heavy (non-hydrogen) atoms. The average molecular weight is 351 g/mol. The third-order valence-electron chi connectivity index (χ3n) is 5.84. The number of ether oxygens (including phenoxy) is 1. The molecule has 1 aromatic heterocycles. The molecule has 0 atom stereocenters. The van der Waals surface area contributed by atoms with Crippen molar-refractivity contribution in [2.24, 2.45) is 0 Å². The molecule has 0 unspecified atom stereocenters. The van der Waals surface area contributed by atoms with Crippen LogP contribution in [0.2, 0.25) is 0 Å². The maximum absolute atomic E-state index is 6.33. The van der Waals surface area contributed by atoms with Crippen LogP contribution in [0.25, 0.3) is 11.0 Å². The summed E-state index contributed by atoms with van der Waals surface area (Å²) in [6, 6.07) is 20.0. The van der Waals surface area contributed by atoms with Crippen molar-refractivity contribution in [3.63, 3.8) is 0 Å². The van der Waals surface area contributed by atoms with Gasteiger partial charge in [0.15, 0.2) is 0 Å². The number of fused-ring (bicyclic) bond motifs is 6. The molecule has 0 spiro atoms. The number of imidazole rings is 1. The zero-order valence-corrected chi connectivity index (χ0v) is 15.5. The number of nitrogens with zero attached hydrogens (tertiary/aromatic N) is 3. The number of rotatable bonds is 0. The highest BCUT2D eigenvalue weighted by Gasteiger charge is 2.42. The lowest BCUT2D eigenvalue weighted by Crippen LogP contribution is -2.56. The molecule has 3 heterocycles. The smallest absolute Gasteiger partial charge is 0.341 e. The molecule has 0 radical (unpaired) electrons. The first kappa shape index (κ1) is 14.9. The van der Waals surface area contributed by atoms with Gasteiger partial charge in [-0.1, -0.05) is 30.3 Å². The normalized spacial score (nSPS) is 13.9. The number of benzene rings is 3. The monoisotopic (exact) mass is 351 g/mol. The van der Waals surface area contributed by atoms with Crippen LogP contribution in [0.1, 0.15) is 11.1 Å². The van der Waals surface area contributed by atoms with Gasteiger partial charge in [-0.25, -0.2) is 0 Å². The van der Waals surface area contributed by atoms with Gasteiger partial charge in [0.05, 0.1) is 11.0 Å². The number of aryl methyl sites for hydroxylation is 2. The van der Waals surface area contributed by atoms with Crippen LogP contribution in [-0.4, -0.2) is 23.4 Å². The van der Waals surface area contributed by atoms with E-state index in [2.05, 4.69) is 84.9 Å². The molecule has 4 aromatic rings. The summed E-state index contributed by atoms with van der Waals surface area (Å²) >= 11 is 0. The molecule has 2 aliphatic rings. The second-order valence-electron chi connectivity index (χ2n) is 7.53. The molecule has 3 aromatic carbocycles. The van der Waals surface area contributed by atoms with E-state index in [0.29, 0.717) is 6.01 Å². The summed E-state index contributed by atoms with van der Waals surface area (Å²) in [5, 5.41) is 0. The SMILES string of the molecule is Cc1cc2c3c(c1)N(C)c1ccccc1B3n1c(nc3c(C)cccc31)O2. The Kier molecular flexibility index (Phi) is 2.73. The molecule has 0 amide bonds. The third-order valence-corrected chi connectivity index (χ3v) is 5.84. The Bertz CT molecular complexity index is 1260. The molecule has 2 aliphatic heterocycles. The number of para-hydroxylation sites is 2. The number of aromatic nitrogens is 2. The van der Waals surface area contributed by atoms with Crippen LogP contribution in [0.5, 0.6) is 11.8 Å². The first-order valence-electron chi connectivity index (χ1n) is 9.26. The van der Waals surface area contributed by atoms with E-state index >= 15 is 0 Å². The van der Waals surface area contributed by atoms with Crippen LogP contribution in [0.3, 0.4) is 0 Å². The second-order valence-corrected chi connectivity index (χ2v) is 7.53. The molecule has 0 saturated heterocycles. The fourth-order valence-electron chi connectivity index (χ4n) is 4.62. The van der Waals surface area contributed by atoms with E-state index in [1.54, 1.807) is 0 Å². The summed E-state index contributed by atoms with van der Waals surface area (Å²) < 4.78 is 8.59. The van der Waals surface area contributed by atoms with Crippen molar-refractivity contribution in [3.8, 4) is 11.8 Å². The summed E-state index contributed by atoms with van der Waals surface area (Å²) in [4.78, 5) is 7.13. The Hall–Kier alpha value is -3.21. The molecule has 4 nitrogen and oxygen atoms in total. The summed E-state index contributed by atoms with van der Waals surface area (Å²) in [6.07, 6.45) is 0. The van der Waals surface area contributed by atoms with Crippen molar-refractivity contribution < 1.29 is 4.74 Å². The van der Waals surface area contributed by atoms with Gasteiger partial charge in [0, 0.05) is 23.9 Å². The molecule has 6 rings (SSSR count). The maximum Gasteiger partial charge on any atom is 0.341 e. The van der Waals surface area contributed by atoms with Crippen LogP contribution in [0, 0.1) is 13.8 Å². The van der Waals surface area contributed by atoms with Gasteiger partial charge in [0.1, 0.15) is 5.75 Å². The van der Waals surface area contributed by atoms with E-state index < -0.39 is 0 Å². The lowest BCUT2D eigenvalue weighted by Gasteiger charge is -2.38. The van der Waals surface area contributed by atoms with E-state index in [-0.39, 0.29) is 6.85 Å². The Labute approximate surface area is 158 Å². The van der Waals surface area contributed by atoms with E-state index in [1.165, 1.54) is 33.4 Å². The van der Waals surface area contributed by atoms with Gasteiger partial charge in [0.25, 0.3) is 6.01 Å². The molecule has 0 N–H and O–H groups in total. The highest BCUT2D eigenvalue weighted by molar-refractivity contribution is 6.88. The molecule has 130 valence electrons. The van der Waals surface area contributed by atoms with Crippen molar-refractivity contribution in [2.45, 2.75) is 13.8 Å². The minimum Gasteiger partial charge on any atom is -0.427 e. The van der Waals surface area contributed by atoms with Gasteiger partial charge in [-0.05, 0) is 54.7 Å². The van der Waals surface area contributed by atoms with E-state index in [9.17, 15) is 0 Å². The Morgan fingerprint density at radius 3 is 2.70 bits per heavy atom. The van der Waals surface area contributed by atoms with Crippen LogP contribution < -0.4 is 20.6 Å². The fourth-order valence-corrected chi connectivity index (χ4v) is 4.62. The summed E-state index contributed by atoms with van der Waals surface area (Å²) in [5.41, 5.74) is 9.41. The Morgan fingerprint density at radius 1 is 0.963 bits per heavy atom. The van der Waals surface area contributed by atoms with Crippen LogP contribution in [0.4, 0.5) is 11.4 Å². The maximum atomic E-state index is 6.33. The van der Waals surface area contributed by atoms with Gasteiger partial charge in [0.2, 0.25) is 0 Å². The lowest BCUT2D eigenvalue weighted by atomic mass is 9.47. The molecular weight excluding hydrogens is 333 g/mol. The summed E-state index contributed by atoms with van der Waals surface area (Å²) in [5.74, 6) is 0.914. The lowest BCUT2D eigenvalue weighted by molar-refractivity contribution is 0.439. The second kappa shape index (κ2) is 4.94. The van der Waals surface area contributed by atoms with Crippen molar-refractivity contribution in [1.82, 2.24) is 9.46 Å². The average Bonchev–Trinajstić information content (AvgIpc) is 3.04. The third kappa shape index (κ3) is 1.81. The molecule has 0 aliphatic carbocycles. The Balaban J connectivity index is 1.77. The first-order valence-corrected chi connectivity index (χ1v) is 9.26. The quantitative estimate of drug-likeness (QED) is 0.400. The topological polar surface area (TPSA) is 30.3 Å². The highest BCUT2D eigenvalue weighted by atomic mass is 16.5. The summed E-state index contributed by atoms with van der Waals surface area (Å²) in [7, 11) is 2.13. The zero-order valence-electron chi connectivity index (χ0n) is 15.5. The largest absolute Gasteiger partial charge is 0.427 e. The molecule has 0 saturated carbocycles. The molecule has 0 bridgehead atoms. The van der Waals surface area contributed by atoms with Gasteiger partial charge >= 0.3 is 6.85 Å². The molecule has 0 fully saturated rings. The number of hydrogen-bond acceptors (Lipinski definition) is 3. The Morgan fingerprint density at radius 2 is 1.81 bits per heavy atom. The first-order chi connectivity index (χ1) is 13.1. The van der Waals surface area contributed by atoms with Crippen LogP contribution in [-0.2, 0) is 0 Å². The van der Waals surface area contributed by atoms with Gasteiger partial charge < -0.3 is 14.1 Å². The minimum absolute atomic E-state index is 0.0681. The van der Waals surface area contributed by atoms with Crippen molar-refractivity contribution >= 4 is 40.2 Å². The predicted molar refractivity (Wildman–Crippen MR) is 111 cm³/mol. The number of hydrogen-bond donors (Lipinski definition) is 0. The van der Waals surface area contributed by atoms with Crippen molar-refractivity contribution in [3.05, 3.63) is 65.7 Å². The molecule has 5 heteroatoms. The standard InChI is InChI=1S/C22H18BN3O/c1-13-11-18-20-19(12-13)27-22-24-21-14(2)7-6-10-17(21)26(22)23(20)15-8-4-5-9-16(15)25(18)3/h4-12H,1-3H3. The van der Waals surface area contributed by atoms with E-state index in [4.69, 9.17) is 9.72 Å². The fraction of sp³-hybridized carbons (Fsp3) is 0.136. The van der Waals surface area contributed by atoms with E-state index in [1.807, 2.05) is 0 Å². The molecular formula is C22H18BN3O. The van der Waals surface area contributed by atoms with Gasteiger partial charge in [-0.2, -0.15) is 4.98 Å². The van der Waals surface area contributed by atoms with Crippen LogP contribution >= 0.6 is 0 Å². The highest BCUT2D eigenvalue weighted by Crippen LogP contribution is 2.38. The summed E-state index contributed by atoms with van der Waals surface area (Å²) in [6.45, 7) is 4.29. The van der Waals surface area contributed by atoms with Crippen molar-refractivity contribution in [2.75, 3.05) is 11.9 Å². The van der Waals surface area contributed by atoms with Crippen molar-refractivity contribution in [1.29, 1.82) is 0 Å². The number of anilines is 2. The predicted octanol–water partition coefficient (Wildman–Crippen LogP) is 3.49. The van der Waals surface area contributed by atoms with Gasteiger partial charge in [-0.3, -0.25) is 0 Å². The minimum atomic E-state index is 0.0681. The van der Waals surface area contributed by atoms with E-state index in [0.717, 1.165) is 16.8 Å². The van der Waals surface area contributed by atoms with Crippen LogP contribution in [0.15, 0.2) is 54.6 Å². The zero-order chi connectivity index (χ0) is 18.3. The van der Waals surface area contributed by atoms with Gasteiger partial charge in [-0.15, -0.1) is 0 Å².